The van der Waals surface area contributed by atoms with Crippen LogP contribution in [0.1, 0.15) is 10.5 Å². The first-order chi connectivity index (χ1) is 14.3. The Morgan fingerprint density at radius 2 is 1.93 bits per heavy atom. The van der Waals surface area contributed by atoms with Crippen LogP contribution in [0, 0.1) is 0 Å². The topological polar surface area (TPSA) is 81.4 Å². The minimum atomic E-state index is -4.85. The van der Waals surface area contributed by atoms with Crippen LogP contribution in [0.3, 0.4) is 0 Å². The molecule has 6 nitrogen and oxygen atoms in total. The van der Waals surface area contributed by atoms with Crippen molar-refractivity contribution >= 4 is 33.9 Å². The Balaban J connectivity index is 1.77. The highest BCUT2D eigenvalue weighted by atomic mass is 32.1. The molecule has 0 spiro atoms. The molecule has 2 heterocycles. The standard InChI is InChI=1S/C20H11F3N2O4S/c21-20(22,23)29-12-4-1-3-11(7-12)17-8-16(26)13-5-2-6-14(18(13)28-17)25-19(27)15-9-30-10-24-15/h1-10H,(H,25,27). The van der Waals surface area contributed by atoms with Crippen molar-refractivity contribution in [3.05, 3.63) is 75.3 Å². The van der Waals surface area contributed by atoms with Crippen LogP contribution in [-0.2, 0) is 0 Å². The maximum absolute atomic E-state index is 12.6. The normalized spacial score (nSPS) is 11.4. The van der Waals surface area contributed by atoms with Gasteiger partial charge >= 0.3 is 6.36 Å². The number of thiazole rings is 1. The van der Waals surface area contributed by atoms with Crippen LogP contribution in [0.15, 0.2) is 68.6 Å². The van der Waals surface area contributed by atoms with Crippen molar-refractivity contribution in [2.75, 3.05) is 5.32 Å². The van der Waals surface area contributed by atoms with Crippen molar-refractivity contribution in [1.82, 2.24) is 4.98 Å². The molecular formula is C20H11F3N2O4S. The van der Waals surface area contributed by atoms with Crippen LogP contribution < -0.4 is 15.5 Å². The van der Waals surface area contributed by atoms with E-state index in [9.17, 15) is 22.8 Å². The van der Waals surface area contributed by atoms with Gasteiger partial charge in [0.1, 0.15) is 17.2 Å². The van der Waals surface area contributed by atoms with Crippen molar-refractivity contribution < 1.29 is 27.1 Å². The average molecular weight is 432 g/mol. The van der Waals surface area contributed by atoms with Gasteiger partial charge in [-0.2, -0.15) is 0 Å². The first-order valence-electron chi connectivity index (χ1n) is 8.43. The molecule has 2 aromatic heterocycles. The molecule has 0 aliphatic rings. The lowest BCUT2D eigenvalue weighted by atomic mass is 10.1. The number of carbonyl (C=O) groups excluding carboxylic acids is 1. The Morgan fingerprint density at radius 3 is 2.67 bits per heavy atom. The zero-order valence-electron chi connectivity index (χ0n) is 14.9. The third kappa shape index (κ3) is 4.18. The highest BCUT2D eigenvalue weighted by Gasteiger charge is 2.31. The number of nitrogens with zero attached hydrogens (tertiary/aromatic N) is 1. The van der Waals surface area contributed by atoms with Gasteiger partial charge < -0.3 is 14.5 Å². The average Bonchev–Trinajstić information content (AvgIpc) is 3.22. The number of halogens is 3. The molecule has 0 saturated heterocycles. The summed E-state index contributed by atoms with van der Waals surface area (Å²) in [7, 11) is 0. The number of fused-ring (bicyclic) bond motifs is 1. The molecule has 4 rings (SSSR count). The lowest BCUT2D eigenvalue weighted by molar-refractivity contribution is -0.274. The van der Waals surface area contributed by atoms with Gasteiger partial charge in [-0.25, -0.2) is 4.98 Å². The SMILES string of the molecule is O=C(Nc1cccc2c(=O)cc(-c3cccc(OC(F)(F)F)c3)oc12)c1cscn1. The molecule has 0 bridgehead atoms. The van der Waals surface area contributed by atoms with Gasteiger partial charge in [0.2, 0.25) is 0 Å². The summed E-state index contributed by atoms with van der Waals surface area (Å²) in [5.41, 5.74) is 1.81. The second-order valence-corrected chi connectivity index (χ2v) is 6.78. The predicted octanol–water partition coefficient (Wildman–Crippen LogP) is 5.07. The molecular weight excluding hydrogens is 421 g/mol. The van der Waals surface area contributed by atoms with E-state index in [0.29, 0.717) is 0 Å². The van der Waals surface area contributed by atoms with Gasteiger partial charge in [0.05, 0.1) is 16.6 Å². The molecule has 0 fully saturated rings. The number of nitrogens with one attached hydrogen (secondary N) is 1. The zero-order chi connectivity index (χ0) is 21.3. The van der Waals surface area contributed by atoms with Gasteiger partial charge in [-0.1, -0.05) is 18.2 Å². The fourth-order valence-electron chi connectivity index (χ4n) is 2.78. The van der Waals surface area contributed by atoms with Crippen LogP contribution in [-0.4, -0.2) is 17.3 Å². The lowest BCUT2D eigenvalue weighted by Gasteiger charge is -2.11. The van der Waals surface area contributed by atoms with Gasteiger partial charge in [0, 0.05) is 17.0 Å². The second kappa shape index (κ2) is 7.64. The van der Waals surface area contributed by atoms with Gasteiger partial charge in [-0.05, 0) is 24.3 Å². The summed E-state index contributed by atoms with van der Waals surface area (Å²) < 4.78 is 47.2. The number of anilines is 1. The van der Waals surface area contributed by atoms with E-state index in [1.54, 1.807) is 17.5 Å². The highest BCUT2D eigenvalue weighted by molar-refractivity contribution is 7.07. The lowest BCUT2D eigenvalue weighted by Crippen LogP contribution is -2.17. The van der Waals surface area contributed by atoms with Crippen molar-refractivity contribution in [1.29, 1.82) is 0 Å². The highest BCUT2D eigenvalue weighted by Crippen LogP contribution is 2.31. The number of para-hydroxylation sites is 1. The van der Waals surface area contributed by atoms with Crippen LogP contribution >= 0.6 is 11.3 Å². The Bertz CT molecular complexity index is 1280. The van der Waals surface area contributed by atoms with Crippen LogP contribution in [0.2, 0.25) is 0 Å². The molecule has 0 saturated carbocycles. The molecule has 0 atom stereocenters. The second-order valence-electron chi connectivity index (χ2n) is 6.06. The number of rotatable bonds is 4. The molecule has 0 aliphatic carbocycles. The molecule has 30 heavy (non-hydrogen) atoms. The Labute approximate surface area is 170 Å². The molecule has 0 unspecified atom stereocenters. The Morgan fingerprint density at radius 1 is 1.13 bits per heavy atom. The number of carbonyl (C=O) groups is 1. The number of ether oxygens (including phenoxy) is 1. The van der Waals surface area contributed by atoms with E-state index >= 15 is 0 Å². The molecule has 1 N–H and O–H groups in total. The summed E-state index contributed by atoms with van der Waals surface area (Å²) in [4.78, 5) is 28.8. The van der Waals surface area contributed by atoms with Crippen molar-refractivity contribution in [2.45, 2.75) is 6.36 Å². The van der Waals surface area contributed by atoms with Crippen LogP contribution in [0.4, 0.5) is 18.9 Å². The molecule has 4 aromatic rings. The van der Waals surface area contributed by atoms with Gasteiger partial charge in [-0.3, -0.25) is 9.59 Å². The predicted molar refractivity (Wildman–Crippen MR) is 105 cm³/mol. The van der Waals surface area contributed by atoms with Gasteiger partial charge in [0.15, 0.2) is 11.0 Å². The van der Waals surface area contributed by atoms with Crippen molar-refractivity contribution in [2.24, 2.45) is 0 Å². The van der Waals surface area contributed by atoms with Crippen LogP contribution in [0.25, 0.3) is 22.3 Å². The first-order valence-corrected chi connectivity index (χ1v) is 9.37. The summed E-state index contributed by atoms with van der Waals surface area (Å²) in [6.07, 6.45) is -4.85. The van der Waals surface area contributed by atoms with Crippen molar-refractivity contribution in [3.63, 3.8) is 0 Å². The molecule has 2 aromatic carbocycles. The van der Waals surface area contributed by atoms with E-state index < -0.39 is 23.4 Å². The summed E-state index contributed by atoms with van der Waals surface area (Å²) in [6, 6.07) is 10.9. The minimum Gasteiger partial charge on any atom is -0.454 e. The van der Waals surface area contributed by atoms with E-state index in [4.69, 9.17) is 4.42 Å². The van der Waals surface area contributed by atoms with E-state index in [-0.39, 0.29) is 33.7 Å². The maximum Gasteiger partial charge on any atom is 0.573 e. The molecule has 0 radical (unpaired) electrons. The maximum atomic E-state index is 12.6. The molecule has 10 heteroatoms. The number of aromatic nitrogens is 1. The number of alkyl halides is 3. The largest absolute Gasteiger partial charge is 0.573 e. The fourth-order valence-corrected chi connectivity index (χ4v) is 3.31. The summed E-state index contributed by atoms with van der Waals surface area (Å²) in [6.45, 7) is 0. The monoisotopic (exact) mass is 432 g/mol. The Kier molecular flexibility index (Phi) is 5.00. The smallest absolute Gasteiger partial charge is 0.454 e. The van der Waals surface area contributed by atoms with Gasteiger partial charge in [-0.15, -0.1) is 24.5 Å². The fraction of sp³-hybridized carbons (Fsp3) is 0.0500. The number of benzene rings is 2. The third-order valence-electron chi connectivity index (χ3n) is 4.02. The van der Waals surface area contributed by atoms with E-state index in [1.807, 2.05) is 0 Å². The summed E-state index contributed by atoms with van der Waals surface area (Å²) >= 11 is 1.25. The van der Waals surface area contributed by atoms with E-state index in [1.165, 1.54) is 41.1 Å². The number of amides is 1. The quantitative estimate of drug-likeness (QED) is 0.487. The van der Waals surface area contributed by atoms with Crippen molar-refractivity contribution in [3.8, 4) is 17.1 Å². The molecule has 1 amide bonds. The van der Waals surface area contributed by atoms with Gasteiger partial charge in [0.25, 0.3) is 5.91 Å². The third-order valence-corrected chi connectivity index (χ3v) is 4.61. The van der Waals surface area contributed by atoms with Crippen LogP contribution in [0.5, 0.6) is 5.75 Å². The van der Waals surface area contributed by atoms with E-state index in [2.05, 4.69) is 15.0 Å². The summed E-state index contributed by atoms with van der Waals surface area (Å²) in [5.74, 6) is -0.916. The molecule has 0 aliphatic heterocycles. The zero-order valence-corrected chi connectivity index (χ0v) is 15.7. The minimum absolute atomic E-state index is 0.0236. The number of hydrogen-bond acceptors (Lipinski definition) is 6. The Hall–Kier alpha value is -3.66. The molecule has 152 valence electrons. The number of hydrogen-bond donors (Lipinski definition) is 1. The first kappa shape index (κ1) is 19.6. The van der Waals surface area contributed by atoms with E-state index in [0.717, 1.165) is 12.1 Å². The summed E-state index contributed by atoms with van der Waals surface area (Å²) in [5, 5.41) is 4.40.